The Kier molecular flexibility index (Phi) is 4.37. The molecule has 0 aliphatic carbocycles. The summed E-state index contributed by atoms with van der Waals surface area (Å²) >= 11 is 0. The minimum absolute atomic E-state index is 0.0602. The van der Waals surface area contributed by atoms with Crippen LogP contribution in [0.15, 0.2) is 94.9 Å². The predicted octanol–water partition coefficient (Wildman–Crippen LogP) is 4.72. The summed E-state index contributed by atoms with van der Waals surface area (Å²) in [5, 5.41) is 0. The average molecular weight is 368 g/mol. The molecule has 2 unspecified atom stereocenters. The van der Waals surface area contributed by atoms with Crippen LogP contribution in [0.4, 0.5) is 0 Å². The van der Waals surface area contributed by atoms with E-state index in [2.05, 4.69) is 24.3 Å². The molecule has 5 rings (SSSR count). The summed E-state index contributed by atoms with van der Waals surface area (Å²) in [6, 6.07) is 28.7. The Balaban J connectivity index is 1.33. The molecule has 0 bridgehead atoms. The van der Waals surface area contributed by atoms with Crippen LogP contribution in [0, 0.1) is 0 Å². The molecule has 3 aromatic rings. The summed E-state index contributed by atoms with van der Waals surface area (Å²) in [7, 11) is 0. The number of rotatable bonds is 4. The van der Waals surface area contributed by atoms with Crippen LogP contribution in [0.2, 0.25) is 0 Å². The van der Waals surface area contributed by atoms with E-state index in [1.165, 1.54) is 11.1 Å². The van der Waals surface area contributed by atoms with Crippen molar-refractivity contribution in [2.75, 3.05) is 13.2 Å². The molecule has 2 aliphatic rings. The van der Waals surface area contributed by atoms with Gasteiger partial charge in [-0.25, -0.2) is 9.98 Å². The molecule has 0 saturated heterocycles. The van der Waals surface area contributed by atoms with Gasteiger partial charge in [-0.05, 0) is 35.4 Å². The van der Waals surface area contributed by atoms with Gasteiger partial charge in [0.2, 0.25) is 11.8 Å². The first-order chi connectivity index (χ1) is 13.9. The molecule has 4 heteroatoms. The van der Waals surface area contributed by atoms with Crippen LogP contribution < -0.4 is 0 Å². The topological polar surface area (TPSA) is 43.2 Å². The van der Waals surface area contributed by atoms with Crippen LogP contribution in [0.3, 0.4) is 0 Å². The van der Waals surface area contributed by atoms with E-state index >= 15 is 0 Å². The fourth-order valence-electron chi connectivity index (χ4n) is 3.51. The largest absolute Gasteiger partial charge is 0.475 e. The Morgan fingerprint density at radius 2 is 0.929 bits per heavy atom. The van der Waals surface area contributed by atoms with Crippen molar-refractivity contribution < 1.29 is 9.47 Å². The molecule has 2 aliphatic heterocycles. The minimum Gasteiger partial charge on any atom is -0.475 e. The first-order valence-electron chi connectivity index (χ1n) is 9.49. The van der Waals surface area contributed by atoms with E-state index in [0.717, 1.165) is 11.1 Å². The van der Waals surface area contributed by atoms with Crippen LogP contribution in [-0.2, 0) is 9.47 Å². The molecule has 0 spiro atoms. The number of hydrogen-bond donors (Lipinski definition) is 0. The van der Waals surface area contributed by atoms with E-state index in [4.69, 9.17) is 19.5 Å². The highest BCUT2D eigenvalue weighted by Crippen LogP contribution is 2.27. The van der Waals surface area contributed by atoms with E-state index in [1.807, 2.05) is 60.7 Å². The lowest BCUT2D eigenvalue weighted by atomic mass is 10.1. The summed E-state index contributed by atoms with van der Waals surface area (Å²) < 4.78 is 11.7. The molecule has 2 heterocycles. The summed E-state index contributed by atoms with van der Waals surface area (Å²) in [5.74, 6) is 1.38. The number of ether oxygens (including phenoxy) is 2. The second-order valence-corrected chi connectivity index (χ2v) is 6.92. The molecule has 0 fully saturated rings. The first kappa shape index (κ1) is 16.8. The quantitative estimate of drug-likeness (QED) is 0.669. The summed E-state index contributed by atoms with van der Waals surface area (Å²) in [6.45, 7) is 1.16. The highest BCUT2D eigenvalue weighted by molar-refractivity contribution is 5.98. The third-order valence-electron chi connectivity index (χ3n) is 5.05. The Morgan fingerprint density at radius 3 is 1.32 bits per heavy atom. The molecule has 138 valence electrons. The van der Waals surface area contributed by atoms with Gasteiger partial charge in [0.25, 0.3) is 0 Å². The number of hydrogen-bond acceptors (Lipinski definition) is 4. The Labute approximate surface area is 164 Å². The van der Waals surface area contributed by atoms with E-state index < -0.39 is 0 Å². The van der Waals surface area contributed by atoms with Crippen LogP contribution in [0.1, 0.15) is 34.3 Å². The molecule has 0 aromatic heterocycles. The monoisotopic (exact) mass is 368 g/mol. The maximum absolute atomic E-state index is 5.83. The van der Waals surface area contributed by atoms with Crippen LogP contribution in [-0.4, -0.2) is 25.0 Å². The molecule has 0 amide bonds. The van der Waals surface area contributed by atoms with Crippen molar-refractivity contribution in [3.05, 3.63) is 107 Å². The molecule has 3 aromatic carbocycles. The number of nitrogens with zero attached hydrogens (tertiary/aromatic N) is 2. The SMILES string of the molecule is c1ccc(C2COC(c3ccc(C4=NC(c5ccccc5)CO4)cc3)=N2)cc1. The smallest absolute Gasteiger partial charge is 0.216 e. The third-order valence-corrected chi connectivity index (χ3v) is 5.05. The van der Waals surface area contributed by atoms with Crippen molar-refractivity contribution >= 4 is 11.8 Å². The maximum Gasteiger partial charge on any atom is 0.216 e. The summed E-state index contributed by atoms with van der Waals surface area (Å²) in [5.41, 5.74) is 4.30. The van der Waals surface area contributed by atoms with Gasteiger partial charge >= 0.3 is 0 Å². The van der Waals surface area contributed by atoms with Crippen molar-refractivity contribution in [1.29, 1.82) is 0 Å². The molecule has 0 N–H and O–H groups in total. The van der Waals surface area contributed by atoms with Crippen molar-refractivity contribution in [2.24, 2.45) is 9.98 Å². The molecule has 28 heavy (non-hydrogen) atoms. The normalized spacial score (nSPS) is 20.9. The van der Waals surface area contributed by atoms with E-state index in [0.29, 0.717) is 25.0 Å². The predicted molar refractivity (Wildman–Crippen MR) is 110 cm³/mol. The average Bonchev–Trinajstić information content (AvgIpc) is 3.46. The van der Waals surface area contributed by atoms with Crippen molar-refractivity contribution in [3.8, 4) is 0 Å². The van der Waals surface area contributed by atoms with Crippen molar-refractivity contribution in [1.82, 2.24) is 0 Å². The van der Waals surface area contributed by atoms with Crippen LogP contribution in [0.25, 0.3) is 0 Å². The highest BCUT2D eigenvalue weighted by atomic mass is 16.5. The molecule has 4 nitrogen and oxygen atoms in total. The lowest BCUT2D eigenvalue weighted by Gasteiger charge is -2.04. The zero-order valence-corrected chi connectivity index (χ0v) is 15.4. The lowest BCUT2D eigenvalue weighted by Crippen LogP contribution is -2.04. The number of aliphatic imine (C=N–C) groups is 2. The third kappa shape index (κ3) is 3.29. The second-order valence-electron chi connectivity index (χ2n) is 6.92. The second kappa shape index (κ2) is 7.31. The highest BCUT2D eigenvalue weighted by Gasteiger charge is 2.23. The first-order valence-corrected chi connectivity index (χ1v) is 9.49. The van der Waals surface area contributed by atoms with Gasteiger partial charge in [-0.15, -0.1) is 0 Å². The number of benzene rings is 3. The van der Waals surface area contributed by atoms with E-state index in [9.17, 15) is 0 Å². The molecule has 0 saturated carbocycles. The van der Waals surface area contributed by atoms with E-state index in [1.54, 1.807) is 0 Å². The fraction of sp³-hybridized carbons (Fsp3) is 0.167. The van der Waals surface area contributed by atoms with Crippen LogP contribution in [0.5, 0.6) is 0 Å². The Bertz CT molecular complexity index is 927. The Morgan fingerprint density at radius 1 is 0.536 bits per heavy atom. The van der Waals surface area contributed by atoms with Gasteiger partial charge < -0.3 is 9.47 Å². The van der Waals surface area contributed by atoms with Gasteiger partial charge in [0.1, 0.15) is 25.3 Å². The van der Waals surface area contributed by atoms with Gasteiger partial charge in [0.05, 0.1) is 0 Å². The van der Waals surface area contributed by atoms with E-state index in [-0.39, 0.29) is 12.1 Å². The Hall–Kier alpha value is -3.40. The molecule has 2 atom stereocenters. The van der Waals surface area contributed by atoms with Gasteiger partial charge in [-0.1, -0.05) is 60.7 Å². The zero-order chi connectivity index (χ0) is 18.8. The summed E-state index contributed by atoms with van der Waals surface area (Å²) in [4.78, 5) is 9.48. The lowest BCUT2D eigenvalue weighted by molar-refractivity contribution is 0.319. The molecular weight excluding hydrogens is 348 g/mol. The minimum atomic E-state index is 0.0602. The summed E-state index contributed by atoms with van der Waals surface area (Å²) in [6.07, 6.45) is 0. The molecule has 0 radical (unpaired) electrons. The van der Waals surface area contributed by atoms with Gasteiger partial charge in [0, 0.05) is 11.1 Å². The van der Waals surface area contributed by atoms with Crippen molar-refractivity contribution in [2.45, 2.75) is 12.1 Å². The maximum atomic E-state index is 5.83. The standard InChI is InChI=1S/C24H20N2O2/c1-3-7-17(8-4-1)21-15-27-23(25-21)19-11-13-20(14-12-19)24-26-22(16-28-24)18-9-5-2-6-10-18/h1-14,21-22H,15-16H2. The zero-order valence-electron chi connectivity index (χ0n) is 15.4. The van der Waals surface area contributed by atoms with Gasteiger partial charge in [-0.2, -0.15) is 0 Å². The fourth-order valence-corrected chi connectivity index (χ4v) is 3.51. The van der Waals surface area contributed by atoms with Gasteiger partial charge in [-0.3, -0.25) is 0 Å². The van der Waals surface area contributed by atoms with Gasteiger partial charge in [0.15, 0.2) is 0 Å². The van der Waals surface area contributed by atoms with Crippen molar-refractivity contribution in [3.63, 3.8) is 0 Å². The van der Waals surface area contributed by atoms with Crippen LogP contribution >= 0.6 is 0 Å². The molecular formula is C24H20N2O2.